The van der Waals surface area contributed by atoms with Gasteiger partial charge in [0.1, 0.15) is 0 Å². The predicted molar refractivity (Wildman–Crippen MR) is 50.5 cm³/mol. The Morgan fingerprint density at radius 1 is 1.43 bits per heavy atom. The maximum Gasteiger partial charge on any atom is 0.236 e. The van der Waals surface area contributed by atoms with Crippen molar-refractivity contribution in [1.82, 2.24) is 4.47 Å². The Morgan fingerprint density at radius 2 is 2.21 bits per heavy atom. The summed E-state index contributed by atoms with van der Waals surface area (Å²) < 4.78 is 24.2. The van der Waals surface area contributed by atoms with Gasteiger partial charge in [-0.05, 0) is 19.3 Å². The van der Waals surface area contributed by atoms with Crippen molar-refractivity contribution in [1.29, 1.82) is 5.26 Å². The van der Waals surface area contributed by atoms with E-state index in [1.165, 1.54) is 0 Å². The molecule has 0 saturated carbocycles. The third-order valence-electron chi connectivity index (χ3n) is 1.97. The van der Waals surface area contributed by atoms with E-state index in [0.717, 1.165) is 17.3 Å². The number of unbranched alkanes of at least 4 members (excludes halogenated alkanes) is 1. The van der Waals surface area contributed by atoms with Gasteiger partial charge in [0, 0.05) is 13.0 Å². The molecule has 80 valence electrons. The summed E-state index contributed by atoms with van der Waals surface area (Å²) >= 11 is 0. The van der Waals surface area contributed by atoms with Gasteiger partial charge in [-0.1, -0.05) is 4.47 Å². The molecule has 1 aliphatic rings. The van der Waals surface area contributed by atoms with Crippen LogP contribution in [-0.2, 0) is 14.9 Å². The lowest BCUT2D eigenvalue weighted by Gasteiger charge is -2.24. The molecule has 0 unspecified atom stereocenters. The van der Waals surface area contributed by atoms with Crippen molar-refractivity contribution in [3.8, 4) is 6.07 Å². The highest BCUT2D eigenvalue weighted by molar-refractivity contribution is 7.88. The minimum Gasteiger partial charge on any atom is -0.284 e. The number of nitriles is 1. The Labute approximate surface area is 84.3 Å². The lowest BCUT2D eigenvalue weighted by Crippen LogP contribution is -2.37. The van der Waals surface area contributed by atoms with Crippen molar-refractivity contribution in [3.05, 3.63) is 0 Å². The first-order valence-electron chi connectivity index (χ1n) is 4.67. The second kappa shape index (κ2) is 5.29. The molecule has 14 heavy (non-hydrogen) atoms. The van der Waals surface area contributed by atoms with Crippen LogP contribution in [0.4, 0.5) is 0 Å². The molecule has 0 aromatic carbocycles. The maximum absolute atomic E-state index is 11.6. The minimum atomic E-state index is -3.30. The molecule has 0 N–H and O–H groups in total. The minimum absolute atomic E-state index is 0.000556. The number of sulfonamides is 1. The van der Waals surface area contributed by atoms with Gasteiger partial charge < -0.3 is 0 Å². The number of nitrogens with zero attached hydrogens (tertiary/aromatic N) is 2. The second-order valence-corrected chi connectivity index (χ2v) is 5.12. The van der Waals surface area contributed by atoms with Crippen molar-refractivity contribution in [2.75, 3.05) is 18.9 Å². The largest absolute Gasteiger partial charge is 0.284 e. The molecular formula is C8H14N2O3S. The van der Waals surface area contributed by atoms with Crippen LogP contribution in [0.5, 0.6) is 0 Å². The fourth-order valence-corrected chi connectivity index (χ4v) is 2.58. The molecule has 1 heterocycles. The average Bonchev–Trinajstić information content (AvgIpc) is 2.19. The van der Waals surface area contributed by atoms with Crippen molar-refractivity contribution >= 4 is 10.0 Å². The Morgan fingerprint density at radius 3 is 2.79 bits per heavy atom. The number of hydrogen-bond acceptors (Lipinski definition) is 4. The van der Waals surface area contributed by atoms with E-state index in [1.807, 2.05) is 6.07 Å². The van der Waals surface area contributed by atoms with Crippen LogP contribution in [0, 0.1) is 11.3 Å². The van der Waals surface area contributed by atoms with E-state index >= 15 is 0 Å². The Hall–Kier alpha value is -0.640. The predicted octanol–water partition coefficient (Wildman–Crippen LogP) is 0.647. The quantitative estimate of drug-likeness (QED) is 0.649. The highest BCUT2D eigenvalue weighted by Gasteiger charge is 2.24. The van der Waals surface area contributed by atoms with E-state index in [4.69, 9.17) is 10.1 Å². The van der Waals surface area contributed by atoms with E-state index in [0.29, 0.717) is 19.6 Å². The van der Waals surface area contributed by atoms with Crippen molar-refractivity contribution in [3.63, 3.8) is 0 Å². The third kappa shape index (κ3) is 3.25. The summed E-state index contributed by atoms with van der Waals surface area (Å²) in [7, 11) is -3.30. The third-order valence-corrected chi connectivity index (χ3v) is 3.68. The van der Waals surface area contributed by atoms with Crippen LogP contribution in [-0.4, -0.2) is 31.8 Å². The van der Waals surface area contributed by atoms with E-state index in [9.17, 15) is 8.42 Å². The summed E-state index contributed by atoms with van der Waals surface area (Å²) in [6.07, 6.45) is 2.40. The monoisotopic (exact) mass is 218 g/mol. The van der Waals surface area contributed by atoms with Crippen molar-refractivity contribution < 1.29 is 13.3 Å². The van der Waals surface area contributed by atoms with Gasteiger partial charge in [-0.15, -0.1) is 0 Å². The number of hydroxylamine groups is 1. The first-order chi connectivity index (χ1) is 6.67. The average molecular weight is 218 g/mol. The lowest BCUT2D eigenvalue weighted by atomic mass is 10.3. The Kier molecular flexibility index (Phi) is 4.32. The summed E-state index contributed by atoms with van der Waals surface area (Å²) in [6.45, 7) is 0.909. The Bertz CT molecular complexity index is 301. The van der Waals surface area contributed by atoms with Gasteiger partial charge in [0.05, 0.1) is 18.4 Å². The first kappa shape index (κ1) is 11.4. The fourth-order valence-electron chi connectivity index (χ4n) is 1.23. The van der Waals surface area contributed by atoms with E-state index < -0.39 is 10.0 Å². The highest BCUT2D eigenvalue weighted by Crippen LogP contribution is 2.12. The van der Waals surface area contributed by atoms with Crippen LogP contribution >= 0.6 is 0 Å². The number of rotatable bonds is 4. The van der Waals surface area contributed by atoms with E-state index in [2.05, 4.69) is 0 Å². The zero-order valence-electron chi connectivity index (χ0n) is 7.98. The molecule has 0 atom stereocenters. The van der Waals surface area contributed by atoms with Crippen LogP contribution in [0.25, 0.3) is 0 Å². The van der Waals surface area contributed by atoms with Gasteiger partial charge in [-0.3, -0.25) is 4.84 Å². The summed E-state index contributed by atoms with van der Waals surface area (Å²) in [5.74, 6) is 0.000556. The molecule has 1 fully saturated rings. The molecule has 5 nitrogen and oxygen atoms in total. The summed E-state index contributed by atoms with van der Waals surface area (Å²) in [5, 5.41) is 8.28. The highest BCUT2D eigenvalue weighted by atomic mass is 32.2. The van der Waals surface area contributed by atoms with Gasteiger partial charge in [0.15, 0.2) is 0 Å². The van der Waals surface area contributed by atoms with E-state index in [-0.39, 0.29) is 12.2 Å². The van der Waals surface area contributed by atoms with Crippen LogP contribution in [0.15, 0.2) is 0 Å². The van der Waals surface area contributed by atoms with E-state index in [1.54, 1.807) is 0 Å². The molecule has 1 saturated heterocycles. The summed E-state index contributed by atoms with van der Waals surface area (Å²) in [6, 6.07) is 1.92. The topological polar surface area (TPSA) is 70.4 Å². The summed E-state index contributed by atoms with van der Waals surface area (Å²) in [4.78, 5) is 5.04. The zero-order valence-corrected chi connectivity index (χ0v) is 8.79. The molecule has 6 heteroatoms. The number of hydrogen-bond donors (Lipinski definition) is 0. The molecule has 0 aromatic heterocycles. The smallest absolute Gasteiger partial charge is 0.236 e. The zero-order chi connectivity index (χ0) is 10.4. The molecule has 0 aliphatic carbocycles. The van der Waals surface area contributed by atoms with Gasteiger partial charge in [0.25, 0.3) is 0 Å². The summed E-state index contributed by atoms with van der Waals surface area (Å²) in [5.41, 5.74) is 0. The molecule has 1 rings (SSSR count). The SMILES string of the molecule is N#CCCCS(=O)(=O)N1CCCCO1. The standard InChI is InChI=1S/C8H14N2O3S/c9-5-1-4-8-14(11,12)10-6-2-3-7-13-10/h1-4,6-8H2. The molecular weight excluding hydrogens is 204 g/mol. The Balaban J connectivity index is 2.43. The normalized spacial score (nSPS) is 19.1. The molecule has 0 radical (unpaired) electrons. The second-order valence-electron chi connectivity index (χ2n) is 3.14. The van der Waals surface area contributed by atoms with Crippen LogP contribution < -0.4 is 0 Å². The van der Waals surface area contributed by atoms with Gasteiger partial charge in [0.2, 0.25) is 10.0 Å². The van der Waals surface area contributed by atoms with Gasteiger partial charge in [-0.25, -0.2) is 8.42 Å². The maximum atomic E-state index is 11.6. The molecule has 0 aromatic rings. The molecule has 0 amide bonds. The van der Waals surface area contributed by atoms with Gasteiger partial charge in [-0.2, -0.15) is 5.26 Å². The van der Waals surface area contributed by atoms with Crippen LogP contribution in [0.2, 0.25) is 0 Å². The first-order valence-corrected chi connectivity index (χ1v) is 6.28. The fraction of sp³-hybridized carbons (Fsp3) is 0.875. The van der Waals surface area contributed by atoms with Crippen LogP contribution in [0.1, 0.15) is 25.7 Å². The molecule has 0 spiro atoms. The van der Waals surface area contributed by atoms with Gasteiger partial charge >= 0.3 is 0 Å². The van der Waals surface area contributed by atoms with Crippen molar-refractivity contribution in [2.45, 2.75) is 25.7 Å². The lowest BCUT2D eigenvalue weighted by molar-refractivity contribution is -0.108. The van der Waals surface area contributed by atoms with Crippen molar-refractivity contribution in [2.24, 2.45) is 0 Å². The van der Waals surface area contributed by atoms with Crippen LogP contribution in [0.3, 0.4) is 0 Å². The molecule has 1 aliphatic heterocycles. The molecule has 0 bridgehead atoms.